The Kier molecular flexibility index (Phi) is 4.44. The fraction of sp³-hybridized carbons (Fsp3) is 0.111. The summed E-state index contributed by atoms with van der Waals surface area (Å²) in [7, 11) is 3.23. The summed E-state index contributed by atoms with van der Waals surface area (Å²) < 4.78 is 0. The molecule has 25 heavy (non-hydrogen) atoms. The van der Waals surface area contributed by atoms with Gasteiger partial charge in [-0.1, -0.05) is 12.1 Å². The molecule has 0 atom stereocenters. The molecule has 1 aromatic carbocycles. The Balaban J connectivity index is 1.91. The molecular formula is C18H16N6O. The van der Waals surface area contributed by atoms with Gasteiger partial charge < -0.3 is 15.2 Å². The number of fused-ring (bicyclic) bond motifs is 1. The van der Waals surface area contributed by atoms with Crippen molar-refractivity contribution in [1.82, 2.24) is 19.9 Å². The van der Waals surface area contributed by atoms with Crippen LogP contribution in [0.25, 0.3) is 17.1 Å². The van der Waals surface area contributed by atoms with E-state index in [-0.39, 0.29) is 11.5 Å². The number of rotatable bonds is 4. The maximum atomic E-state index is 12.0. The van der Waals surface area contributed by atoms with Crippen molar-refractivity contribution in [3.63, 3.8) is 0 Å². The molecule has 0 saturated heterocycles. The van der Waals surface area contributed by atoms with Gasteiger partial charge in [-0.25, -0.2) is 9.97 Å². The van der Waals surface area contributed by atoms with Gasteiger partial charge in [0, 0.05) is 26.0 Å². The molecule has 3 rings (SSSR count). The van der Waals surface area contributed by atoms with Crippen LogP contribution in [0.1, 0.15) is 5.56 Å². The topological polar surface area (TPSA) is 97.7 Å². The van der Waals surface area contributed by atoms with Crippen LogP contribution in [0.15, 0.2) is 48.4 Å². The average molecular weight is 332 g/mol. The minimum atomic E-state index is -0.328. The normalized spacial score (nSPS) is 11.2. The monoisotopic (exact) mass is 332 g/mol. The predicted octanol–water partition coefficient (Wildman–Crippen LogP) is 2.70. The van der Waals surface area contributed by atoms with Crippen LogP contribution in [0.4, 0.5) is 11.5 Å². The number of amides is 1. The van der Waals surface area contributed by atoms with E-state index in [1.165, 1.54) is 11.2 Å². The van der Waals surface area contributed by atoms with E-state index >= 15 is 0 Å². The molecule has 7 nitrogen and oxygen atoms in total. The fourth-order valence-corrected chi connectivity index (χ4v) is 2.36. The third kappa shape index (κ3) is 3.48. The average Bonchev–Trinajstić information content (AvgIpc) is 3.09. The van der Waals surface area contributed by atoms with Gasteiger partial charge in [0.05, 0.1) is 5.39 Å². The molecule has 0 saturated carbocycles. The number of aromatic amines is 1. The van der Waals surface area contributed by atoms with Crippen LogP contribution in [0.5, 0.6) is 0 Å². The van der Waals surface area contributed by atoms with Crippen molar-refractivity contribution in [2.24, 2.45) is 0 Å². The lowest BCUT2D eigenvalue weighted by atomic mass is 10.1. The Labute approximate surface area is 144 Å². The van der Waals surface area contributed by atoms with Crippen molar-refractivity contribution in [3.8, 4) is 6.07 Å². The Morgan fingerprint density at radius 2 is 2.16 bits per heavy atom. The maximum Gasteiger partial charge on any atom is 0.264 e. The summed E-state index contributed by atoms with van der Waals surface area (Å²) in [6.45, 7) is 0. The Bertz CT molecular complexity index is 996. The number of nitrogens with zero attached hydrogens (tertiary/aromatic N) is 4. The first-order valence-corrected chi connectivity index (χ1v) is 7.57. The lowest BCUT2D eigenvalue weighted by molar-refractivity contribution is -0.124. The molecule has 0 radical (unpaired) electrons. The van der Waals surface area contributed by atoms with Crippen molar-refractivity contribution in [2.75, 3.05) is 19.4 Å². The van der Waals surface area contributed by atoms with Gasteiger partial charge in [-0.05, 0) is 29.8 Å². The summed E-state index contributed by atoms with van der Waals surface area (Å²) in [6, 6.07) is 11.3. The van der Waals surface area contributed by atoms with Gasteiger partial charge in [0.15, 0.2) is 0 Å². The molecule has 0 aliphatic carbocycles. The second-order valence-corrected chi connectivity index (χ2v) is 5.58. The predicted molar refractivity (Wildman–Crippen MR) is 95.9 cm³/mol. The Morgan fingerprint density at radius 1 is 1.32 bits per heavy atom. The Hall–Kier alpha value is -3.66. The van der Waals surface area contributed by atoms with E-state index in [9.17, 15) is 10.1 Å². The smallest absolute Gasteiger partial charge is 0.264 e. The highest BCUT2D eigenvalue weighted by Gasteiger charge is 2.11. The number of H-pyrrole nitrogens is 1. The minimum Gasteiger partial charge on any atom is -0.346 e. The first kappa shape index (κ1) is 16.2. The van der Waals surface area contributed by atoms with Crippen molar-refractivity contribution < 1.29 is 4.79 Å². The first-order valence-electron chi connectivity index (χ1n) is 7.57. The Morgan fingerprint density at radius 3 is 2.92 bits per heavy atom. The maximum absolute atomic E-state index is 12.0. The van der Waals surface area contributed by atoms with Gasteiger partial charge in [-0.3, -0.25) is 4.79 Å². The third-order valence-electron chi connectivity index (χ3n) is 3.57. The molecule has 2 heterocycles. The molecular weight excluding hydrogens is 316 g/mol. The largest absolute Gasteiger partial charge is 0.346 e. The van der Waals surface area contributed by atoms with E-state index in [1.807, 2.05) is 36.4 Å². The van der Waals surface area contributed by atoms with Crippen LogP contribution in [0.3, 0.4) is 0 Å². The van der Waals surface area contributed by atoms with Gasteiger partial charge in [0.1, 0.15) is 29.4 Å². The highest BCUT2D eigenvalue weighted by atomic mass is 16.2. The number of carbonyl (C=O) groups excluding carboxylic acids is 1. The first-order chi connectivity index (χ1) is 12.1. The summed E-state index contributed by atoms with van der Waals surface area (Å²) in [5.74, 6) is 0.350. The third-order valence-corrected chi connectivity index (χ3v) is 3.57. The number of nitriles is 1. The number of aromatic nitrogens is 3. The highest BCUT2D eigenvalue weighted by molar-refractivity contribution is 6.01. The molecule has 2 aromatic heterocycles. The molecule has 3 aromatic rings. The van der Waals surface area contributed by atoms with E-state index in [2.05, 4.69) is 20.3 Å². The molecule has 0 aliphatic rings. The van der Waals surface area contributed by atoms with Crippen molar-refractivity contribution in [3.05, 3.63) is 54.0 Å². The summed E-state index contributed by atoms with van der Waals surface area (Å²) >= 11 is 0. The molecule has 0 fully saturated rings. The molecule has 0 aliphatic heterocycles. The van der Waals surface area contributed by atoms with Crippen LogP contribution < -0.4 is 5.32 Å². The fourth-order valence-electron chi connectivity index (χ4n) is 2.36. The summed E-state index contributed by atoms with van der Waals surface area (Å²) in [5, 5.41) is 13.3. The molecule has 124 valence electrons. The van der Waals surface area contributed by atoms with Gasteiger partial charge in [-0.15, -0.1) is 0 Å². The second-order valence-electron chi connectivity index (χ2n) is 5.58. The van der Waals surface area contributed by atoms with Crippen LogP contribution in [0, 0.1) is 11.3 Å². The van der Waals surface area contributed by atoms with E-state index in [0.29, 0.717) is 5.82 Å². The SMILES string of the molecule is CN(C)C(=O)/C(C#N)=C/c1cccc(Nc2ncnc3[nH]ccc23)c1. The lowest BCUT2D eigenvalue weighted by Crippen LogP contribution is -2.22. The zero-order chi connectivity index (χ0) is 17.8. The molecule has 2 N–H and O–H groups in total. The molecule has 0 spiro atoms. The van der Waals surface area contributed by atoms with Gasteiger partial charge in [0.25, 0.3) is 5.91 Å². The standard InChI is InChI=1S/C18H16N6O/c1-24(2)18(25)13(10-19)8-12-4-3-5-14(9-12)23-17-15-6-7-20-16(15)21-11-22-17/h3-9,11H,1-2H3,(H2,20,21,22,23)/b13-8+. The van der Waals surface area contributed by atoms with Gasteiger partial charge >= 0.3 is 0 Å². The summed E-state index contributed by atoms with van der Waals surface area (Å²) in [6.07, 6.45) is 4.85. The molecule has 7 heteroatoms. The number of hydrogen-bond donors (Lipinski definition) is 2. The zero-order valence-corrected chi connectivity index (χ0v) is 13.8. The van der Waals surface area contributed by atoms with Gasteiger partial charge in [-0.2, -0.15) is 5.26 Å². The van der Waals surface area contributed by atoms with Crippen molar-refractivity contribution >= 4 is 34.5 Å². The van der Waals surface area contributed by atoms with E-state index in [4.69, 9.17) is 0 Å². The van der Waals surface area contributed by atoms with E-state index in [0.717, 1.165) is 22.3 Å². The number of likely N-dealkylation sites (N-methyl/N-ethyl adjacent to an activating group) is 1. The van der Waals surface area contributed by atoms with Crippen molar-refractivity contribution in [2.45, 2.75) is 0 Å². The lowest BCUT2D eigenvalue weighted by Gasteiger charge is -2.09. The van der Waals surface area contributed by atoms with Crippen LogP contribution >= 0.6 is 0 Å². The zero-order valence-electron chi connectivity index (χ0n) is 13.8. The molecule has 0 bridgehead atoms. The van der Waals surface area contributed by atoms with Crippen LogP contribution in [0.2, 0.25) is 0 Å². The van der Waals surface area contributed by atoms with E-state index < -0.39 is 0 Å². The van der Waals surface area contributed by atoms with Crippen molar-refractivity contribution in [1.29, 1.82) is 5.26 Å². The van der Waals surface area contributed by atoms with Crippen LogP contribution in [-0.4, -0.2) is 39.9 Å². The van der Waals surface area contributed by atoms with E-state index in [1.54, 1.807) is 26.4 Å². The number of hydrogen-bond acceptors (Lipinski definition) is 5. The molecule has 1 amide bonds. The number of carbonyl (C=O) groups is 1. The number of benzene rings is 1. The quantitative estimate of drug-likeness (QED) is 0.565. The molecule has 0 unspecified atom stereocenters. The second kappa shape index (κ2) is 6.84. The summed E-state index contributed by atoms with van der Waals surface area (Å²) in [4.78, 5) is 24.8. The summed E-state index contributed by atoms with van der Waals surface area (Å²) in [5.41, 5.74) is 2.37. The number of anilines is 2. The van der Waals surface area contributed by atoms with Gasteiger partial charge in [0.2, 0.25) is 0 Å². The van der Waals surface area contributed by atoms with Crippen LogP contribution in [-0.2, 0) is 4.79 Å². The number of nitrogens with one attached hydrogen (secondary N) is 2. The highest BCUT2D eigenvalue weighted by Crippen LogP contribution is 2.23. The minimum absolute atomic E-state index is 0.0808.